The van der Waals surface area contributed by atoms with Crippen LogP contribution in [0.15, 0.2) is 0 Å². The molecule has 0 spiro atoms. The zero-order chi connectivity index (χ0) is 13.2. The van der Waals surface area contributed by atoms with Gasteiger partial charge in [-0.15, -0.1) is 0 Å². The van der Waals surface area contributed by atoms with Crippen molar-refractivity contribution in [3.05, 3.63) is 0 Å². The molecule has 3 nitrogen and oxygen atoms in total. The molecule has 19 heavy (non-hydrogen) atoms. The largest absolute Gasteiger partial charge is 0.330 e. The van der Waals surface area contributed by atoms with E-state index in [1.54, 1.807) is 0 Å². The molecular weight excluding hydrogens is 234 g/mol. The van der Waals surface area contributed by atoms with Gasteiger partial charge in [-0.1, -0.05) is 6.42 Å². The molecule has 2 N–H and O–H groups in total. The van der Waals surface area contributed by atoms with E-state index in [9.17, 15) is 0 Å². The molecule has 0 aromatic carbocycles. The molecule has 2 heterocycles. The van der Waals surface area contributed by atoms with Gasteiger partial charge in [-0.25, -0.2) is 0 Å². The monoisotopic (exact) mass is 265 g/mol. The lowest BCUT2D eigenvalue weighted by Gasteiger charge is -2.46. The summed E-state index contributed by atoms with van der Waals surface area (Å²) in [5.74, 6) is 2.64. The van der Waals surface area contributed by atoms with Crippen molar-refractivity contribution in [2.45, 2.75) is 44.6 Å². The van der Waals surface area contributed by atoms with Crippen LogP contribution in [0.2, 0.25) is 0 Å². The highest BCUT2D eigenvalue weighted by Crippen LogP contribution is 2.34. The van der Waals surface area contributed by atoms with Gasteiger partial charge in [0.05, 0.1) is 0 Å². The highest BCUT2D eigenvalue weighted by Gasteiger charge is 2.36. The molecule has 0 amide bonds. The summed E-state index contributed by atoms with van der Waals surface area (Å²) in [6.45, 7) is 6.23. The third-order valence-corrected chi connectivity index (χ3v) is 6.04. The Morgan fingerprint density at radius 3 is 2.68 bits per heavy atom. The molecule has 3 heteroatoms. The second kappa shape index (κ2) is 6.11. The molecule has 3 fully saturated rings. The van der Waals surface area contributed by atoms with Crippen molar-refractivity contribution in [3.63, 3.8) is 0 Å². The SMILES string of the molecule is CN1CCCC2CN(CC3CCCC3CN)CCC21. The summed E-state index contributed by atoms with van der Waals surface area (Å²) in [5.41, 5.74) is 5.93. The summed E-state index contributed by atoms with van der Waals surface area (Å²) in [6.07, 6.45) is 8.46. The number of likely N-dealkylation sites (tertiary alicyclic amines) is 2. The lowest BCUT2D eigenvalue weighted by atomic mass is 9.83. The van der Waals surface area contributed by atoms with Crippen LogP contribution in [0, 0.1) is 17.8 Å². The van der Waals surface area contributed by atoms with Crippen LogP contribution < -0.4 is 5.73 Å². The van der Waals surface area contributed by atoms with E-state index in [2.05, 4.69) is 16.8 Å². The maximum Gasteiger partial charge on any atom is 0.0145 e. The summed E-state index contributed by atoms with van der Waals surface area (Å²) in [7, 11) is 2.33. The fourth-order valence-corrected chi connectivity index (χ4v) is 4.89. The Morgan fingerprint density at radius 2 is 1.84 bits per heavy atom. The first-order valence-corrected chi connectivity index (χ1v) is 8.40. The highest BCUT2D eigenvalue weighted by atomic mass is 15.2. The van der Waals surface area contributed by atoms with Gasteiger partial charge in [0.25, 0.3) is 0 Å². The van der Waals surface area contributed by atoms with Gasteiger partial charge in [0.1, 0.15) is 0 Å². The van der Waals surface area contributed by atoms with Gasteiger partial charge in [-0.2, -0.15) is 0 Å². The van der Waals surface area contributed by atoms with Crippen molar-refractivity contribution >= 4 is 0 Å². The van der Waals surface area contributed by atoms with E-state index < -0.39 is 0 Å². The van der Waals surface area contributed by atoms with Crippen molar-refractivity contribution < 1.29 is 0 Å². The smallest absolute Gasteiger partial charge is 0.0145 e. The van der Waals surface area contributed by atoms with E-state index in [0.29, 0.717) is 0 Å². The van der Waals surface area contributed by atoms with Gasteiger partial charge in [-0.05, 0) is 76.5 Å². The van der Waals surface area contributed by atoms with Crippen molar-refractivity contribution in [2.75, 3.05) is 39.8 Å². The van der Waals surface area contributed by atoms with Gasteiger partial charge in [0.2, 0.25) is 0 Å². The second-order valence-electron chi connectivity index (χ2n) is 7.19. The Labute approximate surface area is 118 Å². The average molecular weight is 265 g/mol. The number of fused-ring (bicyclic) bond motifs is 1. The minimum absolute atomic E-state index is 0.812. The van der Waals surface area contributed by atoms with E-state index >= 15 is 0 Å². The Hall–Kier alpha value is -0.120. The highest BCUT2D eigenvalue weighted by molar-refractivity contribution is 4.90. The molecule has 4 atom stereocenters. The summed E-state index contributed by atoms with van der Waals surface area (Å²) < 4.78 is 0. The van der Waals surface area contributed by atoms with Gasteiger partial charge >= 0.3 is 0 Å². The first kappa shape index (κ1) is 13.8. The van der Waals surface area contributed by atoms with Crippen LogP contribution in [-0.4, -0.2) is 55.6 Å². The lowest BCUT2D eigenvalue weighted by molar-refractivity contribution is 0.0301. The molecule has 2 saturated heterocycles. The molecule has 0 bridgehead atoms. The third-order valence-electron chi connectivity index (χ3n) is 6.04. The van der Waals surface area contributed by atoms with Crippen LogP contribution in [0.4, 0.5) is 0 Å². The molecule has 3 rings (SSSR count). The van der Waals surface area contributed by atoms with Crippen molar-refractivity contribution in [2.24, 2.45) is 23.5 Å². The number of rotatable bonds is 3. The number of nitrogens with two attached hydrogens (primary N) is 1. The summed E-state index contributed by atoms with van der Waals surface area (Å²) in [4.78, 5) is 5.38. The fourth-order valence-electron chi connectivity index (χ4n) is 4.89. The van der Waals surface area contributed by atoms with Gasteiger partial charge in [0.15, 0.2) is 0 Å². The van der Waals surface area contributed by atoms with Crippen LogP contribution >= 0.6 is 0 Å². The second-order valence-corrected chi connectivity index (χ2v) is 7.19. The Balaban J connectivity index is 1.53. The zero-order valence-corrected chi connectivity index (χ0v) is 12.6. The fraction of sp³-hybridized carbons (Fsp3) is 1.00. The van der Waals surface area contributed by atoms with Crippen molar-refractivity contribution in [1.29, 1.82) is 0 Å². The molecule has 2 aliphatic heterocycles. The molecule has 4 unspecified atom stereocenters. The van der Waals surface area contributed by atoms with Crippen LogP contribution in [0.1, 0.15) is 38.5 Å². The summed E-state index contributed by atoms with van der Waals surface area (Å²) in [6, 6.07) is 0.874. The van der Waals surface area contributed by atoms with E-state index in [0.717, 1.165) is 30.3 Å². The minimum atomic E-state index is 0.812. The van der Waals surface area contributed by atoms with Crippen molar-refractivity contribution in [3.8, 4) is 0 Å². The molecule has 3 aliphatic rings. The van der Waals surface area contributed by atoms with Crippen LogP contribution in [0.5, 0.6) is 0 Å². The molecular formula is C16H31N3. The molecule has 0 aromatic rings. The Bertz CT molecular complexity index is 294. The van der Waals surface area contributed by atoms with Crippen LogP contribution in [0.3, 0.4) is 0 Å². The maximum absolute atomic E-state index is 5.93. The Morgan fingerprint density at radius 1 is 1.00 bits per heavy atom. The topological polar surface area (TPSA) is 32.5 Å². The normalized spacial score (nSPS) is 41.4. The van der Waals surface area contributed by atoms with Gasteiger partial charge < -0.3 is 15.5 Å². The third kappa shape index (κ3) is 2.98. The van der Waals surface area contributed by atoms with E-state index in [1.807, 2.05) is 0 Å². The molecule has 0 aromatic heterocycles. The van der Waals surface area contributed by atoms with Gasteiger partial charge in [-0.3, -0.25) is 0 Å². The maximum atomic E-state index is 5.93. The predicted octanol–water partition coefficient (Wildman–Crippen LogP) is 1.78. The molecule has 110 valence electrons. The summed E-state index contributed by atoms with van der Waals surface area (Å²) in [5, 5.41) is 0. The molecule has 1 aliphatic carbocycles. The number of nitrogens with zero attached hydrogens (tertiary/aromatic N) is 2. The molecule has 1 saturated carbocycles. The van der Waals surface area contributed by atoms with Crippen molar-refractivity contribution in [1.82, 2.24) is 9.80 Å². The standard InChI is InChI=1S/C16H31N3/c1-18-8-3-6-15-12-19(9-7-16(15)18)11-14-5-2-4-13(14)10-17/h13-16H,2-12,17H2,1H3. The van der Waals surface area contributed by atoms with Gasteiger partial charge in [0, 0.05) is 19.1 Å². The quantitative estimate of drug-likeness (QED) is 0.844. The minimum Gasteiger partial charge on any atom is -0.330 e. The number of hydrogen-bond acceptors (Lipinski definition) is 3. The predicted molar refractivity (Wildman–Crippen MR) is 80.1 cm³/mol. The van der Waals surface area contributed by atoms with E-state index in [1.165, 1.54) is 64.7 Å². The number of hydrogen-bond donors (Lipinski definition) is 1. The average Bonchev–Trinajstić information content (AvgIpc) is 2.86. The summed E-state index contributed by atoms with van der Waals surface area (Å²) >= 11 is 0. The van der Waals surface area contributed by atoms with E-state index in [-0.39, 0.29) is 0 Å². The Kier molecular flexibility index (Phi) is 4.45. The lowest BCUT2D eigenvalue weighted by Crippen LogP contribution is -2.53. The molecule has 0 radical (unpaired) electrons. The zero-order valence-electron chi connectivity index (χ0n) is 12.6. The first-order valence-electron chi connectivity index (χ1n) is 8.40. The van der Waals surface area contributed by atoms with Crippen LogP contribution in [-0.2, 0) is 0 Å². The van der Waals surface area contributed by atoms with E-state index in [4.69, 9.17) is 5.73 Å². The van der Waals surface area contributed by atoms with Crippen LogP contribution in [0.25, 0.3) is 0 Å². The first-order chi connectivity index (χ1) is 9.28. The number of piperidine rings is 2.